The first-order valence-electron chi connectivity index (χ1n) is 6.70. The van der Waals surface area contributed by atoms with E-state index >= 15 is 0 Å². The first kappa shape index (κ1) is 12.9. The van der Waals surface area contributed by atoms with Crippen LogP contribution >= 0.6 is 0 Å². The van der Waals surface area contributed by atoms with Crippen LogP contribution in [0.25, 0.3) is 0 Å². The fraction of sp³-hybridized carbons (Fsp3) is 0.235. The second-order valence-electron chi connectivity index (χ2n) is 4.97. The molecule has 0 spiro atoms. The molecule has 1 aliphatic rings. The van der Waals surface area contributed by atoms with Crippen LogP contribution in [0, 0.1) is 6.92 Å². The van der Waals surface area contributed by atoms with Gasteiger partial charge in [-0.2, -0.15) is 0 Å². The van der Waals surface area contributed by atoms with Gasteiger partial charge in [-0.1, -0.05) is 48.0 Å². The first-order valence-corrected chi connectivity index (χ1v) is 6.70. The lowest BCUT2D eigenvalue weighted by Crippen LogP contribution is -2.16. The zero-order chi connectivity index (χ0) is 13.9. The van der Waals surface area contributed by atoms with Crippen LogP contribution < -0.4 is 0 Å². The maximum absolute atomic E-state index is 13.2. The molecule has 0 aliphatic carbocycles. The van der Waals surface area contributed by atoms with Gasteiger partial charge in [0, 0.05) is 5.56 Å². The van der Waals surface area contributed by atoms with Crippen molar-refractivity contribution < 1.29 is 9.13 Å². The van der Waals surface area contributed by atoms with E-state index in [-0.39, 0.29) is 6.10 Å². The molecule has 1 heterocycles. The zero-order valence-corrected chi connectivity index (χ0v) is 11.3. The molecular formula is C17H16FNO. The molecule has 1 aliphatic heterocycles. The molecule has 3 rings (SSSR count). The third kappa shape index (κ3) is 2.44. The Morgan fingerprint density at radius 2 is 1.75 bits per heavy atom. The second-order valence-corrected chi connectivity index (χ2v) is 4.97. The monoisotopic (exact) mass is 269 g/mol. The minimum atomic E-state index is -0.519. The van der Waals surface area contributed by atoms with Gasteiger partial charge in [-0.05, 0) is 24.6 Å². The number of nitrogens with zero attached hydrogens (tertiary/aromatic N) is 1. The molecule has 0 saturated heterocycles. The molecule has 2 unspecified atom stereocenters. The Kier molecular flexibility index (Phi) is 3.50. The summed E-state index contributed by atoms with van der Waals surface area (Å²) >= 11 is 0. The summed E-state index contributed by atoms with van der Waals surface area (Å²) in [4.78, 5) is 4.38. The molecule has 2 nitrogen and oxygen atoms in total. The smallest absolute Gasteiger partial charge is 0.217 e. The lowest BCUT2D eigenvalue weighted by atomic mass is 10.0. The fourth-order valence-corrected chi connectivity index (χ4v) is 2.33. The average molecular weight is 269 g/mol. The van der Waals surface area contributed by atoms with Crippen molar-refractivity contribution in [2.75, 3.05) is 6.67 Å². The minimum Gasteiger partial charge on any atom is -0.467 e. The van der Waals surface area contributed by atoms with Crippen molar-refractivity contribution in [3.8, 4) is 0 Å². The second kappa shape index (κ2) is 5.45. The maximum Gasteiger partial charge on any atom is 0.217 e. The van der Waals surface area contributed by atoms with Crippen LogP contribution in [-0.2, 0) is 4.74 Å². The predicted molar refractivity (Wildman–Crippen MR) is 77.7 cm³/mol. The van der Waals surface area contributed by atoms with E-state index in [4.69, 9.17) is 4.74 Å². The number of hydrogen-bond donors (Lipinski definition) is 0. The molecule has 20 heavy (non-hydrogen) atoms. The molecule has 2 aromatic rings. The summed E-state index contributed by atoms with van der Waals surface area (Å²) in [6.45, 7) is 1.51. The van der Waals surface area contributed by atoms with Crippen LogP contribution in [0.4, 0.5) is 4.39 Å². The highest BCUT2D eigenvalue weighted by Crippen LogP contribution is 2.31. The Hall–Kier alpha value is -2.16. The number of halogens is 1. The molecular weight excluding hydrogens is 253 g/mol. The molecule has 0 saturated carbocycles. The highest BCUT2D eigenvalue weighted by Gasteiger charge is 2.32. The fourth-order valence-electron chi connectivity index (χ4n) is 2.33. The standard InChI is InChI=1S/C17H16FNO/c1-12-7-9-13(10-8-12)16-15(11-18)19-17(20-16)14-5-3-2-4-6-14/h2-10,15-16H,11H2,1H3. The average Bonchev–Trinajstić information content (AvgIpc) is 2.93. The largest absolute Gasteiger partial charge is 0.467 e. The molecule has 3 heteroatoms. The molecule has 2 atom stereocenters. The van der Waals surface area contributed by atoms with Gasteiger partial charge in [-0.15, -0.1) is 0 Å². The van der Waals surface area contributed by atoms with E-state index in [1.54, 1.807) is 0 Å². The van der Waals surface area contributed by atoms with Gasteiger partial charge < -0.3 is 4.74 Å². The summed E-state index contributed by atoms with van der Waals surface area (Å²) in [5, 5.41) is 0. The van der Waals surface area contributed by atoms with Crippen molar-refractivity contribution in [3.05, 3.63) is 71.3 Å². The lowest BCUT2D eigenvalue weighted by molar-refractivity contribution is 0.181. The Morgan fingerprint density at radius 3 is 2.40 bits per heavy atom. The highest BCUT2D eigenvalue weighted by molar-refractivity contribution is 5.95. The lowest BCUT2D eigenvalue weighted by Gasteiger charge is -2.16. The van der Waals surface area contributed by atoms with Gasteiger partial charge in [-0.25, -0.2) is 9.38 Å². The van der Waals surface area contributed by atoms with Crippen LogP contribution in [0.3, 0.4) is 0 Å². The molecule has 0 N–H and O–H groups in total. The van der Waals surface area contributed by atoms with E-state index in [0.29, 0.717) is 5.90 Å². The van der Waals surface area contributed by atoms with E-state index in [1.165, 1.54) is 5.56 Å². The van der Waals surface area contributed by atoms with E-state index in [9.17, 15) is 4.39 Å². The van der Waals surface area contributed by atoms with E-state index in [1.807, 2.05) is 61.5 Å². The predicted octanol–water partition coefficient (Wildman–Crippen LogP) is 3.85. The van der Waals surface area contributed by atoms with Gasteiger partial charge in [0.1, 0.15) is 12.7 Å². The zero-order valence-electron chi connectivity index (χ0n) is 11.3. The van der Waals surface area contributed by atoms with Crippen LogP contribution in [0.2, 0.25) is 0 Å². The van der Waals surface area contributed by atoms with Crippen molar-refractivity contribution in [1.29, 1.82) is 0 Å². The molecule has 0 radical (unpaired) electrons. The van der Waals surface area contributed by atoms with Crippen molar-refractivity contribution in [3.63, 3.8) is 0 Å². The van der Waals surface area contributed by atoms with Gasteiger partial charge in [0.2, 0.25) is 5.90 Å². The Bertz CT molecular complexity index is 607. The molecule has 102 valence electrons. The third-order valence-electron chi connectivity index (χ3n) is 3.46. The SMILES string of the molecule is Cc1ccc(C2OC(c3ccccc3)=NC2CF)cc1. The normalized spacial score (nSPS) is 21.4. The minimum absolute atomic E-state index is 0.337. The van der Waals surface area contributed by atoms with Gasteiger partial charge in [0.25, 0.3) is 0 Å². The van der Waals surface area contributed by atoms with Gasteiger partial charge in [0.15, 0.2) is 6.10 Å². The molecule has 2 aromatic carbocycles. The van der Waals surface area contributed by atoms with Crippen LogP contribution in [0.1, 0.15) is 22.8 Å². The Morgan fingerprint density at radius 1 is 1.05 bits per heavy atom. The summed E-state index contributed by atoms with van der Waals surface area (Å²) in [5.74, 6) is 0.527. The van der Waals surface area contributed by atoms with Crippen LogP contribution in [-0.4, -0.2) is 18.6 Å². The van der Waals surface area contributed by atoms with Crippen molar-refractivity contribution in [2.45, 2.75) is 19.1 Å². The quantitative estimate of drug-likeness (QED) is 0.829. The highest BCUT2D eigenvalue weighted by atomic mass is 19.1. The third-order valence-corrected chi connectivity index (χ3v) is 3.46. The molecule has 0 fully saturated rings. The summed E-state index contributed by atoms with van der Waals surface area (Å²) in [7, 11) is 0. The number of aliphatic imine (C=N–C) groups is 1. The summed E-state index contributed by atoms with van der Waals surface area (Å²) in [6.07, 6.45) is -0.337. The number of ether oxygens (including phenoxy) is 1. The Balaban J connectivity index is 1.87. The number of rotatable bonds is 3. The van der Waals surface area contributed by atoms with E-state index < -0.39 is 12.7 Å². The molecule has 0 bridgehead atoms. The first-order chi connectivity index (χ1) is 9.78. The van der Waals surface area contributed by atoms with Crippen LogP contribution in [0.5, 0.6) is 0 Å². The van der Waals surface area contributed by atoms with Gasteiger partial charge in [0.05, 0.1) is 0 Å². The molecule has 0 aromatic heterocycles. The summed E-state index contributed by atoms with van der Waals surface area (Å²) in [5.41, 5.74) is 3.03. The van der Waals surface area contributed by atoms with Crippen LogP contribution in [0.15, 0.2) is 59.6 Å². The van der Waals surface area contributed by atoms with E-state index in [0.717, 1.165) is 11.1 Å². The summed E-state index contributed by atoms with van der Waals surface area (Å²) in [6, 6.07) is 17.1. The van der Waals surface area contributed by atoms with Crippen molar-refractivity contribution >= 4 is 5.90 Å². The maximum atomic E-state index is 13.2. The van der Waals surface area contributed by atoms with Gasteiger partial charge in [-0.3, -0.25) is 0 Å². The number of alkyl halides is 1. The number of hydrogen-bond acceptors (Lipinski definition) is 2. The number of benzene rings is 2. The Labute approximate surface area is 117 Å². The van der Waals surface area contributed by atoms with E-state index in [2.05, 4.69) is 4.99 Å². The van der Waals surface area contributed by atoms with Crippen molar-refractivity contribution in [2.24, 2.45) is 4.99 Å². The summed E-state index contributed by atoms with van der Waals surface area (Å²) < 4.78 is 19.1. The molecule has 0 amide bonds. The van der Waals surface area contributed by atoms with Gasteiger partial charge >= 0.3 is 0 Å². The number of aryl methyl sites for hydroxylation is 1. The van der Waals surface area contributed by atoms with Crippen molar-refractivity contribution in [1.82, 2.24) is 0 Å². The topological polar surface area (TPSA) is 21.6 Å².